The molecule has 0 radical (unpaired) electrons. The second-order valence-electron chi connectivity index (χ2n) is 6.79. The fraction of sp³-hybridized carbons (Fsp3) is 0.409. The number of pyridine rings is 1. The summed E-state index contributed by atoms with van der Waals surface area (Å²) >= 11 is 0. The summed E-state index contributed by atoms with van der Waals surface area (Å²) in [6.07, 6.45) is 3.26. The number of nitrogens with zero attached hydrogens (tertiary/aromatic N) is 3. The van der Waals surface area contributed by atoms with Crippen molar-refractivity contribution < 1.29 is 14.3 Å². The number of carbonyl (C=O) groups is 1. The molecule has 0 aliphatic rings. The predicted octanol–water partition coefficient (Wildman–Crippen LogP) is 3.33. The van der Waals surface area contributed by atoms with Crippen molar-refractivity contribution in [1.82, 2.24) is 14.9 Å². The van der Waals surface area contributed by atoms with Gasteiger partial charge in [0.15, 0.2) is 0 Å². The highest BCUT2D eigenvalue weighted by molar-refractivity contribution is 6.01. The molecule has 7 nitrogen and oxygen atoms in total. The van der Waals surface area contributed by atoms with Crippen LogP contribution in [0.25, 0.3) is 6.08 Å². The molecule has 2 heterocycles. The fourth-order valence-electron chi connectivity index (χ4n) is 3.31. The monoisotopic (exact) mass is 396 g/mol. The summed E-state index contributed by atoms with van der Waals surface area (Å²) in [6, 6.07) is 7.71. The van der Waals surface area contributed by atoms with Gasteiger partial charge in [0, 0.05) is 37.3 Å². The second-order valence-corrected chi connectivity index (χ2v) is 6.79. The van der Waals surface area contributed by atoms with Gasteiger partial charge < -0.3 is 19.4 Å². The number of ether oxygens (including phenoxy) is 2. The topological polar surface area (TPSA) is 89.2 Å². The Hall–Kier alpha value is -3.11. The van der Waals surface area contributed by atoms with Crippen LogP contribution in [-0.2, 0) is 16.1 Å². The summed E-state index contributed by atoms with van der Waals surface area (Å²) in [5, 5.41) is 12.3. The summed E-state index contributed by atoms with van der Waals surface area (Å²) in [4.78, 5) is 16.6. The van der Waals surface area contributed by atoms with E-state index in [1.807, 2.05) is 32.9 Å². The quantitative estimate of drug-likeness (QED) is 0.519. The largest absolute Gasteiger partial charge is 0.478 e. The number of amides is 1. The minimum absolute atomic E-state index is 0.0590. The van der Waals surface area contributed by atoms with Crippen molar-refractivity contribution >= 4 is 12.0 Å². The van der Waals surface area contributed by atoms with Gasteiger partial charge in [0.05, 0.1) is 19.3 Å². The van der Waals surface area contributed by atoms with Crippen molar-refractivity contribution in [3.05, 3.63) is 52.5 Å². The number of nitriles is 1. The van der Waals surface area contributed by atoms with Crippen LogP contribution in [0.1, 0.15) is 42.4 Å². The molecule has 0 aliphatic carbocycles. The highest BCUT2D eigenvalue weighted by Crippen LogP contribution is 2.23. The van der Waals surface area contributed by atoms with Crippen LogP contribution in [0.4, 0.5) is 0 Å². The Bertz CT molecular complexity index is 925. The van der Waals surface area contributed by atoms with Crippen LogP contribution in [0, 0.1) is 25.2 Å². The molecule has 1 atom stereocenters. The molecule has 0 saturated carbocycles. The summed E-state index contributed by atoms with van der Waals surface area (Å²) < 4.78 is 12.8. The molecule has 2 rings (SSSR count). The molecule has 1 amide bonds. The third kappa shape index (κ3) is 5.69. The number of hydrogen-bond acceptors (Lipinski definition) is 5. The smallest absolute Gasteiger partial charge is 0.262 e. The first-order chi connectivity index (χ1) is 13.9. The molecule has 2 aromatic rings. The minimum Gasteiger partial charge on any atom is -0.478 e. The van der Waals surface area contributed by atoms with Gasteiger partial charge in [-0.25, -0.2) is 4.98 Å². The Balaban J connectivity index is 2.15. The standard InChI is InChI=1S/C22H28N4O3/c1-6-29-21-10-18(7-8-24-21)13-25-22(27)20(12-23)11-19-9-15(2)26(17(19)4)16(3)14-28-5/h7-11,16H,6,13-14H2,1-5H3,(H,25,27)/b20-11-. The molecule has 0 saturated heterocycles. The van der Waals surface area contributed by atoms with Gasteiger partial charge in [-0.05, 0) is 57.0 Å². The van der Waals surface area contributed by atoms with Crippen molar-refractivity contribution in [3.63, 3.8) is 0 Å². The number of aryl methyl sites for hydroxylation is 1. The average molecular weight is 396 g/mol. The van der Waals surface area contributed by atoms with Gasteiger partial charge in [0.1, 0.15) is 11.6 Å². The normalized spacial score (nSPS) is 12.3. The van der Waals surface area contributed by atoms with Crippen LogP contribution in [0.2, 0.25) is 0 Å². The van der Waals surface area contributed by atoms with Crippen molar-refractivity contribution in [3.8, 4) is 11.9 Å². The first-order valence-electron chi connectivity index (χ1n) is 9.56. The maximum Gasteiger partial charge on any atom is 0.262 e. The van der Waals surface area contributed by atoms with Crippen LogP contribution >= 0.6 is 0 Å². The molecule has 29 heavy (non-hydrogen) atoms. The average Bonchev–Trinajstić information content (AvgIpc) is 2.98. The van der Waals surface area contributed by atoms with Gasteiger partial charge in [0.25, 0.3) is 5.91 Å². The van der Waals surface area contributed by atoms with Crippen molar-refractivity contribution in [2.75, 3.05) is 20.3 Å². The van der Waals surface area contributed by atoms with Crippen LogP contribution in [0.3, 0.4) is 0 Å². The molecule has 7 heteroatoms. The van der Waals surface area contributed by atoms with Crippen LogP contribution in [0.15, 0.2) is 30.0 Å². The zero-order chi connectivity index (χ0) is 21.4. The number of methoxy groups -OCH3 is 1. The highest BCUT2D eigenvalue weighted by Gasteiger charge is 2.15. The lowest BCUT2D eigenvalue weighted by molar-refractivity contribution is -0.117. The Kier molecular flexibility index (Phi) is 7.98. The third-order valence-corrected chi connectivity index (χ3v) is 4.58. The summed E-state index contributed by atoms with van der Waals surface area (Å²) in [5.41, 5.74) is 3.79. The molecule has 0 fully saturated rings. The van der Waals surface area contributed by atoms with Gasteiger partial charge in [0.2, 0.25) is 5.88 Å². The number of nitrogens with one attached hydrogen (secondary N) is 1. The zero-order valence-electron chi connectivity index (χ0n) is 17.7. The van der Waals surface area contributed by atoms with Gasteiger partial charge in [-0.1, -0.05) is 0 Å². The Labute approximate surface area is 172 Å². The fourth-order valence-corrected chi connectivity index (χ4v) is 3.31. The maximum absolute atomic E-state index is 12.5. The van der Waals surface area contributed by atoms with Crippen LogP contribution < -0.4 is 10.1 Å². The van der Waals surface area contributed by atoms with Gasteiger partial charge >= 0.3 is 0 Å². The molecule has 154 valence electrons. The van der Waals surface area contributed by atoms with Crippen molar-refractivity contribution in [2.45, 2.75) is 40.3 Å². The molecular weight excluding hydrogens is 368 g/mol. The molecular formula is C22H28N4O3. The SMILES string of the molecule is CCOc1cc(CNC(=O)/C(C#N)=C\c2cc(C)n(C(C)COC)c2C)ccn1. The Morgan fingerprint density at radius 1 is 1.41 bits per heavy atom. The molecule has 1 N–H and O–H groups in total. The van der Waals surface area contributed by atoms with E-state index < -0.39 is 5.91 Å². The number of aromatic nitrogens is 2. The van der Waals surface area contributed by atoms with E-state index in [9.17, 15) is 10.1 Å². The van der Waals surface area contributed by atoms with E-state index in [4.69, 9.17) is 9.47 Å². The van der Waals surface area contributed by atoms with Gasteiger partial charge in [-0.3, -0.25) is 4.79 Å². The Morgan fingerprint density at radius 3 is 2.83 bits per heavy atom. The van der Waals surface area contributed by atoms with Gasteiger partial charge in [-0.2, -0.15) is 5.26 Å². The third-order valence-electron chi connectivity index (χ3n) is 4.58. The van der Waals surface area contributed by atoms with E-state index in [0.29, 0.717) is 19.1 Å². The maximum atomic E-state index is 12.5. The predicted molar refractivity (Wildman–Crippen MR) is 111 cm³/mol. The lowest BCUT2D eigenvalue weighted by atomic mass is 10.1. The van der Waals surface area contributed by atoms with Crippen LogP contribution in [0.5, 0.6) is 5.88 Å². The molecule has 0 aliphatic heterocycles. The molecule has 0 aromatic carbocycles. The molecule has 0 bridgehead atoms. The van der Waals surface area contributed by atoms with E-state index in [-0.39, 0.29) is 18.2 Å². The molecule has 1 unspecified atom stereocenters. The number of carbonyl (C=O) groups excluding carboxylic acids is 1. The van der Waals surface area contributed by atoms with E-state index in [1.165, 1.54) is 0 Å². The Morgan fingerprint density at radius 2 is 2.17 bits per heavy atom. The lowest BCUT2D eigenvalue weighted by Gasteiger charge is -2.17. The van der Waals surface area contributed by atoms with E-state index in [1.54, 1.807) is 31.5 Å². The van der Waals surface area contributed by atoms with Crippen molar-refractivity contribution in [2.24, 2.45) is 0 Å². The zero-order valence-corrected chi connectivity index (χ0v) is 17.7. The van der Waals surface area contributed by atoms with E-state index in [0.717, 1.165) is 22.5 Å². The van der Waals surface area contributed by atoms with Crippen molar-refractivity contribution in [1.29, 1.82) is 5.26 Å². The van der Waals surface area contributed by atoms with Crippen LogP contribution in [-0.4, -0.2) is 35.8 Å². The summed E-state index contributed by atoms with van der Waals surface area (Å²) in [6.45, 7) is 9.32. The van der Waals surface area contributed by atoms with E-state index in [2.05, 4.69) is 21.8 Å². The van der Waals surface area contributed by atoms with E-state index >= 15 is 0 Å². The minimum atomic E-state index is -0.419. The number of hydrogen-bond donors (Lipinski definition) is 1. The summed E-state index contributed by atoms with van der Waals surface area (Å²) in [5.74, 6) is 0.0879. The van der Waals surface area contributed by atoms with Gasteiger partial charge in [-0.15, -0.1) is 0 Å². The summed E-state index contributed by atoms with van der Waals surface area (Å²) in [7, 11) is 1.67. The molecule has 0 spiro atoms. The highest BCUT2D eigenvalue weighted by atomic mass is 16.5. The number of rotatable bonds is 9. The first kappa shape index (κ1) is 22.2. The second kappa shape index (κ2) is 10.4. The first-order valence-corrected chi connectivity index (χ1v) is 9.56. The lowest BCUT2D eigenvalue weighted by Crippen LogP contribution is -2.24. The molecule has 2 aromatic heterocycles.